The van der Waals surface area contributed by atoms with Gasteiger partial charge in [0, 0.05) is 12.6 Å². The molecule has 1 aliphatic rings. The van der Waals surface area contributed by atoms with Crippen LogP contribution in [-0.2, 0) is 11.2 Å². The number of carbonyl (C=O) groups excluding carboxylic acids is 1. The van der Waals surface area contributed by atoms with Gasteiger partial charge in [-0.15, -0.1) is 0 Å². The van der Waals surface area contributed by atoms with Gasteiger partial charge in [0.15, 0.2) is 0 Å². The van der Waals surface area contributed by atoms with E-state index >= 15 is 0 Å². The lowest BCUT2D eigenvalue weighted by molar-refractivity contribution is -0.135. The minimum Gasteiger partial charge on any atom is -0.353 e. The summed E-state index contributed by atoms with van der Waals surface area (Å²) in [5, 5.41) is 7.29. The number of hydrogen-bond donors (Lipinski definition) is 2. The van der Waals surface area contributed by atoms with Crippen molar-refractivity contribution >= 4 is 17.2 Å². The minimum atomic E-state index is -0.261. The van der Waals surface area contributed by atoms with E-state index in [4.69, 9.17) is 5.73 Å². The van der Waals surface area contributed by atoms with Crippen molar-refractivity contribution in [3.8, 4) is 0 Å². The van der Waals surface area contributed by atoms with Gasteiger partial charge in [0.25, 0.3) is 0 Å². The number of nitrogens with one attached hydrogen (secondary N) is 1. The van der Waals surface area contributed by atoms with E-state index in [0.717, 1.165) is 25.7 Å². The molecule has 4 heteroatoms. The summed E-state index contributed by atoms with van der Waals surface area (Å²) < 4.78 is 0. The maximum atomic E-state index is 12.1. The number of thiophene rings is 1. The Hall–Kier alpha value is -0.870. The van der Waals surface area contributed by atoms with Gasteiger partial charge in [-0.05, 0) is 48.6 Å². The van der Waals surface area contributed by atoms with Crippen LogP contribution in [0.3, 0.4) is 0 Å². The highest BCUT2D eigenvalue weighted by atomic mass is 32.1. The van der Waals surface area contributed by atoms with Crippen LogP contribution in [0.15, 0.2) is 16.8 Å². The molecule has 0 bridgehead atoms. The zero-order chi connectivity index (χ0) is 12.3. The molecule has 0 radical (unpaired) electrons. The molecule has 0 spiro atoms. The Morgan fingerprint density at radius 2 is 2.41 bits per heavy atom. The van der Waals surface area contributed by atoms with E-state index in [1.54, 1.807) is 11.3 Å². The summed E-state index contributed by atoms with van der Waals surface area (Å²) in [5.74, 6) is 0.147. The normalized spacial score (nSPS) is 19.4. The Bertz CT molecular complexity index is 365. The second-order valence-corrected chi connectivity index (χ2v) is 5.83. The fourth-order valence-corrected chi connectivity index (χ4v) is 3.00. The van der Waals surface area contributed by atoms with Gasteiger partial charge in [-0.1, -0.05) is 6.42 Å². The third kappa shape index (κ3) is 2.69. The molecule has 1 heterocycles. The van der Waals surface area contributed by atoms with Gasteiger partial charge in [0.1, 0.15) is 0 Å². The molecule has 3 nitrogen and oxygen atoms in total. The number of nitrogens with two attached hydrogens (primary N) is 1. The fourth-order valence-electron chi connectivity index (χ4n) is 2.32. The van der Waals surface area contributed by atoms with Crippen LogP contribution in [0.1, 0.15) is 31.7 Å². The molecule has 2 rings (SSSR count). The fraction of sp³-hybridized carbons (Fsp3) is 0.615. The average molecular weight is 252 g/mol. The summed E-state index contributed by atoms with van der Waals surface area (Å²) in [7, 11) is 0. The summed E-state index contributed by atoms with van der Waals surface area (Å²) in [6.07, 6.45) is 3.92. The van der Waals surface area contributed by atoms with Gasteiger partial charge in [0.05, 0.1) is 5.41 Å². The summed E-state index contributed by atoms with van der Waals surface area (Å²) in [6.45, 7) is 2.53. The van der Waals surface area contributed by atoms with Crippen LogP contribution in [0.4, 0.5) is 0 Å². The zero-order valence-electron chi connectivity index (χ0n) is 10.2. The maximum Gasteiger partial charge on any atom is 0.227 e. The summed E-state index contributed by atoms with van der Waals surface area (Å²) in [4.78, 5) is 12.1. The lowest BCUT2D eigenvalue weighted by Gasteiger charge is -2.39. The van der Waals surface area contributed by atoms with Gasteiger partial charge in [-0.25, -0.2) is 0 Å². The first-order valence-corrected chi connectivity index (χ1v) is 7.13. The van der Waals surface area contributed by atoms with Gasteiger partial charge < -0.3 is 11.1 Å². The lowest BCUT2D eigenvalue weighted by Crippen LogP contribution is -2.52. The highest BCUT2D eigenvalue weighted by molar-refractivity contribution is 7.07. The molecule has 1 atom stereocenters. The van der Waals surface area contributed by atoms with Crippen molar-refractivity contribution in [1.29, 1.82) is 0 Å². The van der Waals surface area contributed by atoms with Crippen LogP contribution in [0.2, 0.25) is 0 Å². The Labute approximate surface area is 106 Å². The van der Waals surface area contributed by atoms with E-state index in [0.29, 0.717) is 6.54 Å². The minimum absolute atomic E-state index is 0.147. The molecule has 0 aliphatic heterocycles. The average Bonchev–Trinajstić information content (AvgIpc) is 2.69. The van der Waals surface area contributed by atoms with Crippen molar-refractivity contribution in [2.24, 2.45) is 11.1 Å². The Balaban J connectivity index is 1.86. The highest BCUT2D eigenvalue weighted by Crippen LogP contribution is 2.40. The van der Waals surface area contributed by atoms with Gasteiger partial charge in [-0.3, -0.25) is 4.79 Å². The molecule has 94 valence electrons. The quantitative estimate of drug-likeness (QED) is 0.841. The van der Waals surface area contributed by atoms with Crippen molar-refractivity contribution in [2.75, 3.05) is 6.54 Å². The van der Waals surface area contributed by atoms with Crippen LogP contribution in [0.25, 0.3) is 0 Å². The molecule has 3 N–H and O–H groups in total. The third-order valence-corrected chi connectivity index (χ3v) is 4.41. The SMILES string of the molecule is CC(Cc1ccsc1)NC(=O)C1(CN)CCC1. The first kappa shape index (κ1) is 12.6. The second-order valence-electron chi connectivity index (χ2n) is 5.05. The number of carbonyl (C=O) groups is 1. The maximum absolute atomic E-state index is 12.1. The molecule has 1 aliphatic carbocycles. The summed E-state index contributed by atoms with van der Waals surface area (Å²) in [5.41, 5.74) is 6.75. The molecule has 1 aromatic rings. The molecule has 0 aromatic carbocycles. The largest absolute Gasteiger partial charge is 0.353 e. The topological polar surface area (TPSA) is 55.1 Å². The third-order valence-electron chi connectivity index (χ3n) is 3.68. The van der Waals surface area contributed by atoms with Crippen LogP contribution in [0.5, 0.6) is 0 Å². The van der Waals surface area contributed by atoms with Crippen LogP contribution in [0, 0.1) is 5.41 Å². The van der Waals surface area contributed by atoms with Crippen molar-refractivity contribution in [1.82, 2.24) is 5.32 Å². The molecule has 1 saturated carbocycles. The van der Waals surface area contributed by atoms with Crippen molar-refractivity contribution in [3.63, 3.8) is 0 Å². The highest BCUT2D eigenvalue weighted by Gasteiger charge is 2.42. The zero-order valence-corrected chi connectivity index (χ0v) is 11.1. The van der Waals surface area contributed by atoms with E-state index < -0.39 is 0 Å². The van der Waals surface area contributed by atoms with Gasteiger partial charge in [0.2, 0.25) is 5.91 Å². The number of amides is 1. The van der Waals surface area contributed by atoms with Crippen LogP contribution in [-0.4, -0.2) is 18.5 Å². The molecule has 1 fully saturated rings. The second kappa shape index (κ2) is 5.19. The van der Waals surface area contributed by atoms with Crippen LogP contribution < -0.4 is 11.1 Å². The predicted molar refractivity (Wildman–Crippen MR) is 71.0 cm³/mol. The number of hydrogen-bond acceptors (Lipinski definition) is 3. The van der Waals surface area contributed by atoms with Gasteiger partial charge in [-0.2, -0.15) is 11.3 Å². The first-order valence-electron chi connectivity index (χ1n) is 6.18. The molecule has 0 saturated heterocycles. The van der Waals surface area contributed by atoms with E-state index in [1.807, 2.05) is 0 Å². The molecule has 1 unspecified atom stereocenters. The molecular weight excluding hydrogens is 232 g/mol. The van der Waals surface area contributed by atoms with Gasteiger partial charge >= 0.3 is 0 Å². The standard InChI is InChI=1S/C13H20N2OS/c1-10(7-11-3-6-17-8-11)15-12(16)13(9-14)4-2-5-13/h3,6,8,10H,2,4-5,7,9,14H2,1H3,(H,15,16). The molecule has 1 amide bonds. The Kier molecular flexibility index (Phi) is 3.84. The van der Waals surface area contributed by atoms with E-state index in [2.05, 4.69) is 29.1 Å². The molecule has 17 heavy (non-hydrogen) atoms. The predicted octanol–water partition coefficient (Wildman–Crippen LogP) is 1.92. The summed E-state index contributed by atoms with van der Waals surface area (Å²) >= 11 is 1.69. The van der Waals surface area contributed by atoms with E-state index in [1.165, 1.54) is 5.56 Å². The smallest absolute Gasteiger partial charge is 0.227 e. The van der Waals surface area contributed by atoms with E-state index in [-0.39, 0.29) is 17.4 Å². The first-order chi connectivity index (χ1) is 8.16. The lowest BCUT2D eigenvalue weighted by atomic mass is 9.68. The monoisotopic (exact) mass is 252 g/mol. The number of rotatable bonds is 5. The van der Waals surface area contributed by atoms with Crippen molar-refractivity contribution in [3.05, 3.63) is 22.4 Å². The van der Waals surface area contributed by atoms with Crippen molar-refractivity contribution in [2.45, 2.75) is 38.6 Å². The molecule has 1 aromatic heterocycles. The molecular formula is C13H20N2OS. The summed E-state index contributed by atoms with van der Waals surface area (Å²) in [6, 6.07) is 2.29. The van der Waals surface area contributed by atoms with E-state index in [9.17, 15) is 4.79 Å². The van der Waals surface area contributed by atoms with Crippen molar-refractivity contribution < 1.29 is 4.79 Å². The Morgan fingerprint density at radius 1 is 1.65 bits per heavy atom. The van der Waals surface area contributed by atoms with Crippen LogP contribution >= 0.6 is 11.3 Å². The Morgan fingerprint density at radius 3 is 2.88 bits per heavy atom.